The van der Waals surface area contributed by atoms with Gasteiger partial charge in [-0.05, 0) is 52.2 Å². The number of hydrogen-bond acceptors (Lipinski definition) is 3. The highest BCUT2D eigenvalue weighted by Gasteiger charge is 2.12. The van der Waals surface area contributed by atoms with E-state index in [2.05, 4.69) is 21.2 Å². The molecular formula is C14H12BrFN2O2. The summed E-state index contributed by atoms with van der Waals surface area (Å²) in [4.78, 5) is 10.4. The number of aryl methyl sites for hydroxylation is 1. The van der Waals surface area contributed by atoms with Crippen molar-refractivity contribution in [1.82, 2.24) is 0 Å². The van der Waals surface area contributed by atoms with E-state index in [-0.39, 0.29) is 11.5 Å². The molecule has 2 rings (SSSR count). The van der Waals surface area contributed by atoms with Gasteiger partial charge in [0.1, 0.15) is 5.82 Å². The molecule has 0 aliphatic heterocycles. The van der Waals surface area contributed by atoms with Crippen LogP contribution in [-0.2, 0) is 6.54 Å². The molecule has 0 spiro atoms. The summed E-state index contributed by atoms with van der Waals surface area (Å²) in [5.74, 6) is -0.345. The summed E-state index contributed by atoms with van der Waals surface area (Å²) >= 11 is 3.13. The summed E-state index contributed by atoms with van der Waals surface area (Å²) < 4.78 is 14.0. The first-order valence-electron chi connectivity index (χ1n) is 5.90. The Kier molecular flexibility index (Phi) is 4.34. The fraction of sp³-hybridized carbons (Fsp3) is 0.143. The van der Waals surface area contributed by atoms with E-state index in [4.69, 9.17) is 0 Å². The van der Waals surface area contributed by atoms with Crippen molar-refractivity contribution in [1.29, 1.82) is 0 Å². The van der Waals surface area contributed by atoms with Gasteiger partial charge in [0.2, 0.25) is 0 Å². The smallest absolute Gasteiger partial charge is 0.283 e. The van der Waals surface area contributed by atoms with Crippen molar-refractivity contribution < 1.29 is 9.31 Å². The molecule has 0 aliphatic carbocycles. The van der Waals surface area contributed by atoms with Crippen LogP contribution in [0.25, 0.3) is 0 Å². The van der Waals surface area contributed by atoms with Gasteiger partial charge in [-0.3, -0.25) is 10.1 Å². The molecule has 0 unspecified atom stereocenters. The van der Waals surface area contributed by atoms with E-state index in [0.717, 1.165) is 5.56 Å². The van der Waals surface area contributed by atoms with Crippen molar-refractivity contribution in [2.75, 3.05) is 5.32 Å². The van der Waals surface area contributed by atoms with Crippen LogP contribution in [0, 0.1) is 22.9 Å². The van der Waals surface area contributed by atoms with E-state index in [1.165, 1.54) is 12.1 Å². The maximum absolute atomic E-state index is 13.6. The third-order valence-corrected chi connectivity index (χ3v) is 3.48. The maximum atomic E-state index is 13.6. The van der Waals surface area contributed by atoms with Gasteiger partial charge in [0.25, 0.3) is 5.69 Å². The molecule has 2 aromatic rings. The maximum Gasteiger partial charge on any atom is 0.283 e. The van der Waals surface area contributed by atoms with Crippen LogP contribution in [0.2, 0.25) is 0 Å². The van der Waals surface area contributed by atoms with Crippen molar-refractivity contribution in [3.63, 3.8) is 0 Å². The summed E-state index contributed by atoms with van der Waals surface area (Å²) in [5, 5.41) is 13.8. The summed E-state index contributed by atoms with van der Waals surface area (Å²) in [6.45, 7) is 2.18. The van der Waals surface area contributed by atoms with Crippen molar-refractivity contribution in [2.45, 2.75) is 13.5 Å². The van der Waals surface area contributed by atoms with Crippen LogP contribution in [0.3, 0.4) is 0 Å². The molecule has 0 amide bonds. The van der Waals surface area contributed by atoms with Gasteiger partial charge >= 0.3 is 0 Å². The lowest BCUT2D eigenvalue weighted by molar-refractivity contribution is -0.385. The van der Waals surface area contributed by atoms with Crippen molar-refractivity contribution in [2.24, 2.45) is 0 Å². The molecule has 6 heteroatoms. The molecular weight excluding hydrogens is 327 g/mol. The predicted molar refractivity (Wildman–Crippen MR) is 79.3 cm³/mol. The van der Waals surface area contributed by atoms with E-state index in [1.807, 2.05) is 6.92 Å². The molecule has 0 heterocycles. The molecule has 0 radical (unpaired) electrons. The molecule has 0 saturated heterocycles. The monoisotopic (exact) mass is 338 g/mol. The molecule has 0 atom stereocenters. The van der Waals surface area contributed by atoms with E-state index in [1.54, 1.807) is 24.3 Å². The predicted octanol–water partition coefficient (Wildman–Crippen LogP) is 4.42. The molecule has 0 aromatic heterocycles. The minimum absolute atomic E-state index is 0.00554. The zero-order chi connectivity index (χ0) is 14.7. The number of nitrogens with one attached hydrogen (secondary N) is 1. The van der Waals surface area contributed by atoms with Crippen LogP contribution in [0.1, 0.15) is 11.1 Å². The fourth-order valence-corrected chi connectivity index (χ4v) is 2.17. The van der Waals surface area contributed by atoms with Crippen LogP contribution in [0.15, 0.2) is 40.9 Å². The number of anilines is 1. The zero-order valence-electron chi connectivity index (χ0n) is 10.7. The van der Waals surface area contributed by atoms with Gasteiger partial charge < -0.3 is 5.32 Å². The standard InChI is InChI=1S/C14H12BrFN2O2/c1-9-2-5-12(16)13(6-9)17-8-10-3-4-11(15)14(7-10)18(19)20/h2-7,17H,8H2,1H3. The van der Waals surface area contributed by atoms with Crippen LogP contribution >= 0.6 is 15.9 Å². The third kappa shape index (κ3) is 3.33. The minimum atomic E-state index is -0.458. The number of hydrogen-bond donors (Lipinski definition) is 1. The molecule has 2 aromatic carbocycles. The molecule has 0 bridgehead atoms. The van der Waals surface area contributed by atoms with Gasteiger partial charge in [0, 0.05) is 12.6 Å². The molecule has 1 N–H and O–H groups in total. The minimum Gasteiger partial charge on any atom is -0.379 e. The largest absolute Gasteiger partial charge is 0.379 e. The summed E-state index contributed by atoms with van der Waals surface area (Å²) in [6.07, 6.45) is 0. The Bertz CT molecular complexity index is 662. The highest BCUT2D eigenvalue weighted by Crippen LogP contribution is 2.26. The molecule has 104 valence electrons. The number of nitro groups is 1. The van der Waals surface area contributed by atoms with Crippen LogP contribution in [0.4, 0.5) is 15.8 Å². The van der Waals surface area contributed by atoms with Crippen molar-refractivity contribution in [3.8, 4) is 0 Å². The average Bonchev–Trinajstić information content (AvgIpc) is 2.41. The highest BCUT2D eigenvalue weighted by atomic mass is 79.9. The highest BCUT2D eigenvalue weighted by molar-refractivity contribution is 9.10. The molecule has 20 heavy (non-hydrogen) atoms. The Morgan fingerprint density at radius 1 is 1.30 bits per heavy atom. The lowest BCUT2D eigenvalue weighted by Gasteiger charge is -2.09. The Labute approximate surface area is 123 Å². The van der Waals surface area contributed by atoms with Gasteiger partial charge in [-0.15, -0.1) is 0 Å². The third-order valence-electron chi connectivity index (χ3n) is 2.81. The first-order valence-corrected chi connectivity index (χ1v) is 6.69. The Hall–Kier alpha value is -1.95. The average molecular weight is 339 g/mol. The van der Waals surface area contributed by atoms with Crippen LogP contribution < -0.4 is 5.32 Å². The van der Waals surface area contributed by atoms with Gasteiger partial charge in [-0.2, -0.15) is 0 Å². The number of rotatable bonds is 4. The van der Waals surface area contributed by atoms with E-state index >= 15 is 0 Å². The van der Waals surface area contributed by atoms with Gasteiger partial charge in [0.15, 0.2) is 0 Å². The number of nitro benzene ring substituents is 1. The summed E-state index contributed by atoms with van der Waals surface area (Å²) in [6, 6.07) is 9.60. The van der Waals surface area contributed by atoms with Crippen molar-refractivity contribution >= 4 is 27.3 Å². The topological polar surface area (TPSA) is 55.2 Å². The van der Waals surface area contributed by atoms with Crippen LogP contribution in [0.5, 0.6) is 0 Å². The normalized spacial score (nSPS) is 10.3. The van der Waals surface area contributed by atoms with Gasteiger partial charge in [0.05, 0.1) is 15.1 Å². The SMILES string of the molecule is Cc1ccc(F)c(NCc2ccc(Br)c([N+](=O)[O-])c2)c1. The summed E-state index contributed by atoms with van der Waals surface area (Å²) in [5.41, 5.74) is 2.03. The first-order chi connectivity index (χ1) is 9.47. The lowest BCUT2D eigenvalue weighted by atomic mass is 10.2. The van der Waals surface area contributed by atoms with E-state index < -0.39 is 4.92 Å². The molecule has 0 saturated carbocycles. The Balaban J connectivity index is 2.17. The van der Waals surface area contributed by atoms with Crippen molar-refractivity contribution in [3.05, 3.63) is 67.9 Å². The van der Waals surface area contributed by atoms with E-state index in [0.29, 0.717) is 22.3 Å². The lowest BCUT2D eigenvalue weighted by Crippen LogP contribution is -2.02. The zero-order valence-corrected chi connectivity index (χ0v) is 12.3. The quantitative estimate of drug-likeness (QED) is 0.663. The molecule has 0 aliphatic rings. The number of halogens is 2. The number of nitrogens with zero attached hydrogens (tertiary/aromatic N) is 1. The second-order valence-electron chi connectivity index (χ2n) is 4.38. The Morgan fingerprint density at radius 2 is 2.05 bits per heavy atom. The van der Waals surface area contributed by atoms with Crippen LogP contribution in [-0.4, -0.2) is 4.92 Å². The molecule has 0 fully saturated rings. The molecule has 4 nitrogen and oxygen atoms in total. The number of benzene rings is 2. The van der Waals surface area contributed by atoms with E-state index in [9.17, 15) is 14.5 Å². The second-order valence-corrected chi connectivity index (χ2v) is 5.23. The summed E-state index contributed by atoms with van der Waals surface area (Å²) in [7, 11) is 0. The Morgan fingerprint density at radius 3 is 2.75 bits per heavy atom. The van der Waals surface area contributed by atoms with Gasteiger partial charge in [-0.1, -0.05) is 12.1 Å². The first kappa shape index (κ1) is 14.5. The second kappa shape index (κ2) is 6.00. The van der Waals surface area contributed by atoms with Gasteiger partial charge in [-0.25, -0.2) is 4.39 Å². The fourth-order valence-electron chi connectivity index (χ4n) is 1.78.